The number of nitrogens with zero attached hydrogens (tertiary/aromatic N) is 2. The first-order chi connectivity index (χ1) is 26.0. The van der Waals surface area contributed by atoms with Crippen LogP contribution in [0, 0.1) is 0 Å². The van der Waals surface area contributed by atoms with E-state index in [1.54, 1.807) is 0 Å². The molecule has 0 amide bonds. The Morgan fingerprint density at radius 3 is 1.34 bits per heavy atom. The lowest BCUT2D eigenvalue weighted by Crippen LogP contribution is -2.15. The maximum absolute atomic E-state index is 5.14. The highest BCUT2D eigenvalue weighted by molar-refractivity contribution is 6.26. The van der Waals surface area contributed by atoms with Gasteiger partial charge in [0.25, 0.3) is 0 Å². The molecule has 2 aromatic heterocycles. The van der Waals surface area contributed by atoms with Gasteiger partial charge in [-0.25, -0.2) is 0 Å². The molecule has 53 heavy (non-hydrogen) atoms. The van der Waals surface area contributed by atoms with E-state index in [4.69, 9.17) is 9.97 Å². The van der Waals surface area contributed by atoms with Gasteiger partial charge >= 0.3 is 0 Å². The second kappa shape index (κ2) is 10.2. The fourth-order valence-electron chi connectivity index (χ4n) is 9.55. The molecule has 0 N–H and O–H groups in total. The molecule has 12 rings (SSSR count). The predicted molar refractivity (Wildman–Crippen MR) is 223 cm³/mol. The van der Waals surface area contributed by atoms with Crippen LogP contribution in [0.1, 0.15) is 25.0 Å². The molecule has 0 bridgehead atoms. The maximum atomic E-state index is 5.14. The molecule has 11 aromatic rings. The predicted octanol–water partition coefficient (Wildman–Crippen LogP) is 13.6. The molecule has 0 radical (unpaired) electrons. The van der Waals surface area contributed by atoms with Crippen molar-refractivity contribution in [1.29, 1.82) is 0 Å². The molecule has 1 aliphatic rings. The van der Waals surface area contributed by atoms with Crippen molar-refractivity contribution in [2.45, 2.75) is 19.3 Å². The maximum Gasteiger partial charge on any atom is 0.0930 e. The van der Waals surface area contributed by atoms with Crippen LogP contribution in [0.3, 0.4) is 0 Å². The largest absolute Gasteiger partial charge is 0.254 e. The summed E-state index contributed by atoms with van der Waals surface area (Å²) >= 11 is 0. The first-order valence-electron chi connectivity index (χ1n) is 18.5. The molecule has 0 spiro atoms. The minimum atomic E-state index is -0.260. The number of pyridine rings is 2. The third-order valence-electron chi connectivity index (χ3n) is 12.2. The van der Waals surface area contributed by atoms with Crippen LogP contribution in [0.15, 0.2) is 158 Å². The molecule has 0 fully saturated rings. The smallest absolute Gasteiger partial charge is 0.0930 e. The third-order valence-corrected chi connectivity index (χ3v) is 12.2. The Morgan fingerprint density at radius 2 is 0.774 bits per heavy atom. The summed E-state index contributed by atoms with van der Waals surface area (Å²) in [7, 11) is 0. The van der Waals surface area contributed by atoms with E-state index in [2.05, 4.69) is 159 Å². The average molecular weight is 673 g/mol. The fourth-order valence-corrected chi connectivity index (χ4v) is 9.55. The molecule has 9 aromatic carbocycles. The van der Waals surface area contributed by atoms with Crippen molar-refractivity contribution < 1.29 is 0 Å². The lowest BCUT2D eigenvalue weighted by Gasteiger charge is -2.22. The Hall–Kier alpha value is -6.64. The van der Waals surface area contributed by atoms with Crippen molar-refractivity contribution >= 4 is 64.6 Å². The Morgan fingerprint density at radius 1 is 0.358 bits per heavy atom. The summed E-state index contributed by atoms with van der Waals surface area (Å²) in [5, 5.41) is 15.6. The van der Waals surface area contributed by atoms with Crippen LogP contribution in [-0.2, 0) is 5.41 Å². The van der Waals surface area contributed by atoms with Gasteiger partial charge in [0.2, 0.25) is 0 Å². The summed E-state index contributed by atoms with van der Waals surface area (Å²) in [6.45, 7) is 4.64. The Kier molecular flexibility index (Phi) is 5.60. The molecule has 0 atom stereocenters. The van der Waals surface area contributed by atoms with Gasteiger partial charge in [0.05, 0.1) is 11.4 Å². The van der Waals surface area contributed by atoms with Gasteiger partial charge in [-0.05, 0) is 116 Å². The van der Waals surface area contributed by atoms with Gasteiger partial charge in [-0.1, -0.05) is 141 Å². The fraction of sp³-hybridized carbons (Fsp3) is 0.0588. The Balaban J connectivity index is 0.955. The van der Waals surface area contributed by atoms with E-state index in [1.165, 1.54) is 92.5 Å². The first-order valence-corrected chi connectivity index (χ1v) is 18.5. The van der Waals surface area contributed by atoms with Crippen LogP contribution in [0.4, 0.5) is 0 Å². The van der Waals surface area contributed by atoms with Crippen molar-refractivity contribution in [2.24, 2.45) is 0 Å². The molecule has 2 heterocycles. The summed E-state index contributed by atoms with van der Waals surface area (Å²) < 4.78 is 0. The number of benzene rings is 9. The minimum absolute atomic E-state index is 0.260. The Bertz CT molecular complexity index is 3280. The highest BCUT2D eigenvalue weighted by Gasteiger charge is 2.38. The average Bonchev–Trinajstić information content (AvgIpc) is 3.43. The SMILES string of the molecule is CC1(C)c2cc(-c3cccc(-c4ccc5ccc6cccc7ccc4c5c67)c3)cnc2-c2ncc(-c3ccc4ccc5cccc6ccc3c4c56)cc21. The quantitative estimate of drug-likeness (QED) is 0.175. The van der Waals surface area contributed by atoms with Gasteiger partial charge in [0, 0.05) is 28.9 Å². The molecular formula is C51H32N2. The van der Waals surface area contributed by atoms with Crippen LogP contribution in [0.5, 0.6) is 0 Å². The molecule has 2 nitrogen and oxygen atoms in total. The van der Waals surface area contributed by atoms with Crippen molar-refractivity contribution in [3.63, 3.8) is 0 Å². The van der Waals surface area contributed by atoms with Gasteiger partial charge in [-0.2, -0.15) is 0 Å². The van der Waals surface area contributed by atoms with E-state index in [-0.39, 0.29) is 5.41 Å². The van der Waals surface area contributed by atoms with E-state index < -0.39 is 0 Å². The van der Waals surface area contributed by atoms with Gasteiger partial charge in [0.1, 0.15) is 0 Å². The molecule has 1 aliphatic carbocycles. The number of aromatic nitrogens is 2. The lowest BCUT2D eigenvalue weighted by atomic mass is 9.81. The number of fused-ring (bicyclic) bond motifs is 3. The summed E-state index contributed by atoms with van der Waals surface area (Å²) in [5.41, 5.74) is 11.3. The van der Waals surface area contributed by atoms with Gasteiger partial charge in [-0.3, -0.25) is 9.97 Å². The summed E-state index contributed by atoms with van der Waals surface area (Å²) in [5.74, 6) is 0. The normalized spacial score (nSPS) is 13.6. The van der Waals surface area contributed by atoms with Crippen molar-refractivity contribution in [1.82, 2.24) is 9.97 Å². The van der Waals surface area contributed by atoms with E-state index in [0.717, 1.165) is 28.1 Å². The monoisotopic (exact) mass is 672 g/mol. The summed E-state index contributed by atoms with van der Waals surface area (Å²) in [6.07, 6.45) is 4.08. The van der Waals surface area contributed by atoms with Gasteiger partial charge < -0.3 is 0 Å². The zero-order valence-electron chi connectivity index (χ0n) is 29.4. The van der Waals surface area contributed by atoms with E-state index in [1.807, 2.05) is 12.4 Å². The topological polar surface area (TPSA) is 25.8 Å². The van der Waals surface area contributed by atoms with Crippen molar-refractivity contribution in [3.05, 3.63) is 169 Å². The summed E-state index contributed by atoms with van der Waals surface area (Å²) in [4.78, 5) is 10.3. The van der Waals surface area contributed by atoms with Crippen LogP contribution < -0.4 is 0 Å². The van der Waals surface area contributed by atoms with Crippen molar-refractivity contribution in [3.8, 4) is 44.8 Å². The number of hydrogen-bond acceptors (Lipinski definition) is 2. The molecule has 0 saturated carbocycles. The molecule has 2 heteroatoms. The second-order valence-electron chi connectivity index (χ2n) is 15.4. The molecule has 0 aliphatic heterocycles. The number of rotatable bonds is 3. The second-order valence-corrected chi connectivity index (χ2v) is 15.4. The molecule has 0 saturated heterocycles. The summed E-state index contributed by atoms with van der Waals surface area (Å²) in [6, 6.07) is 54.0. The zero-order valence-corrected chi connectivity index (χ0v) is 29.4. The van der Waals surface area contributed by atoms with Crippen LogP contribution in [0.25, 0.3) is 109 Å². The third kappa shape index (κ3) is 3.93. The molecule has 0 unspecified atom stereocenters. The Labute approximate surface area is 306 Å². The van der Waals surface area contributed by atoms with Crippen LogP contribution in [0.2, 0.25) is 0 Å². The van der Waals surface area contributed by atoms with Crippen molar-refractivity contribution in [2.75, 3.05) is 0 Å². The van der Waals surface area contributed by atoms with E-state index in [9.17, 15) is 0 Å². The van der Waals surface area contributed by atoms with Crippen LogP contribution >= 0.6 is 0 Å². The standard InChI is InChI=1S/C51H32N2/c1-51(2)43-25-37(35-10-5-11-36(24-35)39-20-16-33-14-12-29-6-3-8-31-18-22-41(39)47(33)45(29)31)27-52-49(43)50-44(51)26-38(28-53-50)40-21-17-34-15-13-30-7-4-9-32-19-23-42(40)48(34)46(30)32/h3-28H,1-2H3. The first kappa shape index (κ1) is 29.0. The lowest BCUT2D eigenvalue weighted by molar-refractivity contribution is 0.658. The van der Waals surface area contributed by atoms with Gasteiger partial charge in [0.15, 0.2) is 0 Å². The van der Waals surface area contributed by atoms with E-state index in [0.29, 0.717) is 0 Å². The van der Waals surface area contributed by atoms with E-state index >= 15 is 0 Å². The van der Waals surface area contributed by atoms with Gasteiger partial charge in [-0.15, -0.1) is 0 Å². The highest BCUT2D eigenvalue weighted by Crippen LogP contribution is 2.50. The zero-order chi connectivity index (χ0) is 35.0. The number of hydrogen-bond donors (Lipinski definition) is 0. The highest BCUT2D eigenvalue weighted by atomic mass is 14.8. The molecular weight excluding hydrogens is 641 g/mol. The van der Waals surface area contributed by atoms with Crippen LogP contribution in [-0.4, -0.2) is 9.97 Å². The minimum Gasteiger partial charge on any atom is -0.254 e. The molecule has 246 valence electrons.